The number of nitrogens with one attached hydrogen (secondary N) is 1. The fourth-order valence-corrected chi connectivity index (χ4v) is 2.58. The first kappa shape index (κ1) is 13.3. The number of aromatic nitrogens is 3. The molecule has 2 aromatic rings. The van der Waals surface area contributed by atoms with E-state index in [1.165, 1.54) is 0 Å². The Morgan fingerprint density at radius 3 is 2.75 bits per heavy atom. The molecule has 1 aliphatic heterocycles. The Labute approximate surface area is 118 Å². The molecule has 108 valence electrons. The molecule has 0 spiro atoms. The number of rotatable bonds is 4. The molecule has 1 N–H and O–H groups in total. The minimum atomic E-state index is 0.520. The van der Waals surface area contributed by atoms with Crippen LogP contribution in [0.3, 0.4) is 0 Å². The predicted octanol–water partition coefficient (Wildman–Crippen LogP) is 0.848. The molecule has 1 aliphatic rings. The molecule has 3 rings (SSSR count). The molecule has 6 heteroatoms. The van der Waals surface area contributed by atoms with Crippen molar-refractivity contribution >= 4 is 11.5 Å². The highest BCUT2D eigenvalue weighted by Crippen LogP contribution is 2.19. The summed E-state index contributed by atoms with van der Waals surface area (Å²) >= 11 is 0. The van der Waals surface area contributed by atoms with E-state index >= 15 is 0 Å². The lowest BCUT2D eigenvalue weighted by Crippen LogP contribution is -2.44. The monoisotopic (exact) mass is 275 g/mol. The zero-order valence-electron chi connectivity index (χ0n) is 12.1. The topological polar surface area (TPSA) is 54.7 Å². The van der Waals surface area contributed by atoms with E-state index in [1.807, 2.05) is 10.6 Å². The number of nitrogens with zero attached hydrogens (tertiary/aromatic N) is 4. The first-order chi connectivity index (χ1) is 9.81. The van der Waals surface area contributed by atoms with Crippen LogP contribution in [0.5, 0.6) is 0 Å². The van der Waals surface area contributed by atoms with Gasteiger partial charge in [0.25, 0.3) is 0 Å². The van der Waals surface area contributed by atoms with Crippen LogP contribution in [0.1, 0.15) is 18.3 Å². The van der Waals surface area contributed by atoms with Crippen molar-refractivity contribution < 1.29 is 4.74 Å². The molecule has 2 aromatic heterocycles. The Bertz CT molecular complexity index is 589. The van der Waals surface area contributed by atoms with E-state index < -0.39 is 0 Å². The maximum Gasteiger partial charge on any atom is 0.157 e. The third-order valence-electron chi connectivity index (χ3n) is 3.61. The fraction of sp³-hybridized carbons (Fsp3) is 0.571. The lowest BCUT2D eigenvalue weighted by atomic mass is 10.3. The number of fused-ring (bicyclic) bond motifs is 1. The third kappa shape index (κ3) is 2.48. The lowest BCUT2D eigenvalue weighted by Gasteiger charge is -2.29. The summed E-state index contributed by atoms with van der Waals surface area (Å²) in [5.41, 5.74) is 2.93. The average Bonchev–Trinajstić information content (AvgIpc) is 2.89. The Balaban J connectivity index is 2.06. The molecule has 0 aromatic carbocycles. The summed E-state index contributed by atoms with van der Waals surface area (Å²) in [6.45, 7) is 6.68. The van der Waals surface area contributed by atoms with Crippen molar-refractivity contribution in [2.45, 2.75) is 20.0 Å². The van der Waals surface area contributed by atoms with Crippen LogP contribution in [0.25, 0.3) is 5.65 Å². The third-order valence-corrected chi connectivity index (χ3v) is 3.61. The molecule has 3 heterocycles. The number of hydrogen-bond donors (Lipinski definition) is 1. The summed E-state index contributed by atoms with van der Waals surface area (Å²) in [5, 5.41) is 8.00. The molecule has 0 saturated carbocycles. The van der Waals surface area contributed by atoms with Crippen molar-refractivity contribution in [1.29, 1.82) is 0 Å². The Morgan fingerprint density at radius 2 is 2.05 bits per heavy atom. The van der Waals surface area contributed by atoms with Crippen molar-refractivity contribution in [3.63, 3.8) is 0 Å². The number of anilines is 1. The van der Waals surface area contributed by atoms with Crippen molar-refractivity contribution in [2.24, 2.45) is 0 Å². The zero-order valence-corrected chi connectivity index (χ0v) is 12.1. The highest BCUT2D eigenvalue weighted by Gasteiger charge is 2.16. The van der Waals surface area contributed by atoms with Gasteiger partial charge in [-0.3, -0.25) is 0 Å². The van der Waals surface area contributed by atoms with Crippen LogP contribution >= 0.6 is 0 Å². The normalized spacial score (nSPS) is 16.0. The van der Waals surface area contributed by atoms with E-state index in [2.05, 4.69) is 33.3 Å². The van der Waals surface area contributed by atoms with Crippen LogP contribution in [0.15, 0.2) is 12.1 Å². The molecule has 0 aliphatic carbocycles. The quantitative estimate of drug-likeness (QED) is 0.896. The van der Waals surface area contributed by atoms with Gasteiger partial charge in [0.2, 0.25) is 0 Å². The molecular formula is C14H21N5O. The fourth-order valence-electron chi connectivity index (χ4n) is 2.58. The summed E-state index contributed by atoms with van der Waals surface area (Å²) < 4.78 is 7.12. The number of piperazine rings is 1. The van der Waals surface area contributed by atoms with Gasteiger partial charge in [-0.2, -0.15) is 9.61 Å². The van der Waals surface area contributed by atoms with Crippen LogP contribution in [-0.2, 0) is 17.8 Å². The van der Waals surface area contributed by atoms with Crippen molar-refractivity contribution in [3.8, 4) is 0 Å². The van der Waals surface area contributed by atoms with Crippen molar-refractivity contribution in [1.82, 2.24) is 19.9 Å². The molecule has 1 fully saturated rings. The molecule has 6 nitrogen and oxygen atoms in total. The second-order valence-corrected chi connectivity index (χ2v) is 5.03. The van der Waals surface area contributed by atoms with Gasteiger partial charge in [0, 0.05) is 51.1 Å². The van der Waals surface area contributed by atoms with E-state index in [9.17, 15) is 0 Å². The van der Waals surface area contributed by atoms with Crippen LogP contribution in [0.2, 0.25) is 0 Å². The van der Waals surface area contributed by atoms with E-state index in [-0.39, 0.29) is 0 Å². The van der Waals surface area contributed by atoms with Crippen LogP contribution in [0.4, 0.5) is 5.82 Å². The van der Waals surface area contributed by atoms with Crippen molar-refractivity contribution in [3.05, 3.63) is 23.5 Å². The van der Waals surface area contributed by atoms with Gasteiger partial charge < -0.3 is 15.0 Å². The number of hydrogen-bond acceptors (Lipinski definition) is 5. The Kier molecular flexibility index (Phi) is 3.84. The number of aryl methyl sites for hydroxylation is 1. The van der Waals surface area contributed by atoms with Gasteiger partial charge in [-0.25, -0.2) is 4.98 Å². The van der Waals surface area contributed by atoms with E-state index in [0.717, 1.165) is 55.5 Å². The average molecular weight is 275 g/mol. The molecule has 0 atom stereocenters. The van der Waals surface area contributed by atoms with Gasteiger partial charge in [0.15, 0.2) is 5.65 Å². The van der Waals surface area contributed by atoms with Gasteiger partial charge in [0.1, 0.15) is 5.82 Å². The molecule has 0 bridgehead atoms. The van der Waals surface area contributed by atoms with Gasteiger partial charge in [-0.15, -0.1) is 0 Å². The van der Waals surface area contributed by atoms with Crippen LogP contribution < -0.4 is 10.2 Å². The molecule has 0 unspecified atom stereocenters. The lowest BCUT2D eigenvalue weighted by molar-refractivity contribution is 0.181. The maximum absolute atomic E-state index is 5.17. The zero-order chi connectivity index (χ0) is 13.9. The summed E-state index contributed by atoms with van der Waals surface area (Å²) in [7, 11) is 1.69. The molecule has 0 amide bonds. The van der Waals surface area contributed by atoms with E-state index in [1.54, 1.807) is 7.11 Å². The summed E-state index contributed by atoms with van der Waals surface area (Å²) in [6, 6.07) is 4.16. The molecule has 0 radical (unpaired) electrons. The predicted molar refractivity (Wildman–Crippen MR) is 78.2 cm³/mol. The number of ether oxygens (including phenoxy) is 1. The minimum absolute atomic E-state index is 0.520. The van der Waals surface area contributed by atoms with Crippen LogP contribution in [0, 0.1) is 0 Å². The summed E-state index contributed by atoms with van der Waals surface area (Å²) in [5.74, 6) is 1.13. The standard InChI is InChI=1S/C14H21N5O/c1-3-11-9-14(18-6-4-15-5-7-18)19-13(16-11)8-12(17-19)10-20-2/h8-9,15H,3-7,10H2,1-2H3. The molecule has 20 heavy (non-hydrogen) atoms. The van der Waals surface area contributed by atoms with E-state index in [4.69, 9.17) is 4.74 Å². The molecular weight excluding hydrogens is 254 g/mol. The minimum Gasteiger partial charge on any atom is -0.378 e. The SMILES string of the molecule is CCc1cc(N2CCNCC2)n2nc(COC)cc2n1. The first-order valence-corrected chi connectivity index (χ1v) is 7.15. The smallest absolute Gasteiger partial charge is 0.157 e. The largest absolute Gasteiger partial charge is 0.378 e. The highest BCUT2D eigenvalue weighted by atomic mass is 16.5. The molecule has 1 saturated heterocycles. The second-order valence-electron chi connectivity index (χ2n) is 5.03. The maximum atomic E-state index is 5.17. The van der Waals surface area contributed by atoms with Gasteiger partial charge >= 0.3 is 0 Å². The van der Waals surface area contributed by atoms with E-state index in [0.29, 0.717) is 6.61 Å². The number of methoxy groups -OCH3 is 1. The highest BCUT2D eigenvalue weighted by molar-refractivity contribution is 5.52. The van der Waals surface area contributed by atoms with Gasteiger partial charge in [0.05, 0.1) is 12.3 Å². The summed E-state index contributed by atoms with van der Waals surface area (Å²) in [6.07, 6.45) is 0.931. The first-order valence-electron chi connectivity index (χ1n) is 7.15. The van der Waals surface area contributed by atoms with Gasteiger partial charge in [-0.05, 0) is 6.42 Å². The van der Waals surface area contributed by atoms with Gasteiger partial charge in [-0.1, -0.05) is 6.92 Å². The van der Waals surface area contributed by atoms with Crippen LogP contribution in [-0.4, -0.2) is 47.9 Å². The summed E-state index contributed by atoms with van der Waals surface area (Å²) in [4.78, 5) is 7.02. The Hall–Kier alpha value is -1.66. The van der Waals surface area contributed by atoms with Crippen molar-refractivity contribution in [2.75, 3.05) is 38.2 Å². The second kappa shape index (κ2) is 5.76. The Morgan fingerprint density at radius 1 is 1.25 bits per heavy atom.